The number of aryl methyl sites for hydroxylation is 1. The number of aromatic nitrogens is 3. The van der Waals surface area contributed by atoms with E-state index in [2.05, 4.69) is 25.1 Å². The average Bonchev–Trinajstić information content (AvgIpc) is 2.75. The molecule has 7 heteroatoms. The van der Waals surface area contributed by atoms with Crippen LogP contribution in [0, 0.1) is 0 Å². The van der Waals surface area contributed by atoms with Gasteiger partial charge in [0.2, 0.25) is 0 Å². The van der Waals surface area contributed by atoms with Gasteiger partial charge in [-0.15, -0.1) is 10.2 Å². The van der Waals surface area contributed by atoms with Crippen LogP contribution in [0.15, 0.2) is 4.99 Å². The summed E-state index contributed by atoms with van der Waals surface area (Å²) in [4.78, 5) is 4.28. The first-order chi connectivity index (χ1) is 10.8. The molecule has 0 bridgehead atoms. The number of hydrogen-bond acceptors (Lipinski definition) is 4. The van der Waals surface area contributed by atoms with Crippen molar-refractivity contribution in [3.63, 3.8) is 0 Å². The third kappa shape index (κ3) is 5.29. The molecule has 0 aromatic carbocycles. The van der Waals surface area contributed by atoms with Gasteiger partial charge in [0.1, 0.15) is 11.6 Å². The van der Waals surface area contributed by atoms with Crippen LogP contribution in [0.25, 0.3) is 0 Å². The van der Waals surface area contributed by atoms with E-state index in [0.717, 1.165) is 57.2 Å². The van der Waals surface area contributed by atoms with Crippen molar-refractivity contribution in [3.8, 4) is 0 Å². The third-order valence-electron chi connectivity index (χ3n) is 3.77. The zero-order chi connectivity index (χ0) is 15.6. The largest absolute Gasteiger partial charge is 0.382 e. The molecule has 0 saturated heterocycles. The van der Waals surface area contributed by atoms with E-state index < -0.39 is 0 Å². The SMILES string of the molecule is CCOCCCN=C(N)NCCc1nnc2n1CCCCC2. The van der Waals surface area contributed by atoms with Gasteiger partial charge in [0.25, 0.3) is 0 Å². The van der Waals surface area contributed by atoms with Crippen LogP contribution < -0.4 is 11.1 Å². The van der Waals surface area contributed by atoms with E-state index in [0.29, 0.717) is 12.5 Å². The Bertz CT molecular complexity index is 471. The van der Waals surface area contributed by atoms with Crippen molar-refractivity contribution < 1.29 is 4.74 Å². The standard InChI is InChI=1S/C15H28N6O/c1-2-22-12-6-9-17-15(16)18-10-8-14-20-19-13-7-4-3-5-11-21(13)14/h2-12H2,1H3,(H3,16,17,18). The molecule has 1 aliphatic heterocycles. The highest BCUT2D eigenvalue weighted by atomic mass is 16.5. The molecular weight excluding hydrogens is 280 g/mol. The summed E-state index contributed by atoms with van der Waals surface area (Å²) in [6.45, 7) is 5.94. The van der Waals surface area contributed by atoms with E-state index in [4.69, 9.17) is 10.5 Å². The van der Waals surface area contributed by atoms with Crippen molar-refractivity contribution in [2.75, 3.05) is 26.3 Å². The maximum atomic E-state index is 5.85. The number of nitrogens with zero attached hydrogens (tertiary/aromatic N) is 4. The Kier molecular flexibility index (Phi) is 7.15. The molecule has 0 fully saturated rings. The van der Waals surface area contributed by atoms with Crippen molar-refractivity contribution >= 4 is 5.96 Å². The number of rotatable bonds is 8. The molecule has 1 aromatic heterocycles. The van der Waals surface area contributed by atoms with Crippen LogP contribution >= 0.6 is 0 Å². The Labute approximate surface area is 132 Å². The molecule has 0 aliphatic carbocycles. The van der Waals surface area contributed by atoms with Gasteiger partial charge in [-0.3, -0.25) is 4.99 Å². The summed E-state index contributed by atoms with van der Waals surface area (Å²) in [5.74, 6) is 2.67. The number of nitrogens with two attached hydrogens (primary N) is 1. The van der Waals surface area contributed by atoms with Crippen LogP contribution in [0.5, 0.6) is 0 Å². The van der Waals surface area contributed by atoms with Gasteiger partial charge in [-0.25, -0.2) is 0 Å². The van der Waals surface area contributed by atoms with E-state index >= 15 is 0 Å². The molecular formula is C15H28N6O. The number of aliphatic imine (C=N–C) groups is 1. The Hall–Kier alpha value is -1.63. The fraction of sp³-hybridized carbons (Fsp3) is 0.800. The molecule has 0 amide bonds. The lowest BCUT2D eigenvalue weighted by Crippen LogP contribution is -2.33. The van der Waals surface area contributed by atoms with E-state index in [1.807, 2.05) is 6.92 Å². The van der Waals surface area contributed by atoms with Crippen LogP contribution in [0.4, 0.5) is 0 Å². The molecule has 2 rings (SSSR count). The maximum Gasteiger partial charge on any atom is 0.188 e. The molecule has 1 aromatic rings. The van der Waals surface area contributed by atoms with Crippen LogP contribution in [-0.2, 0) is 24.1 Å². The monoisotopic (exact) mass is 308 g/mol. The van der Waals surface area contributed by atoms with E-state index in [-0.39, 0.29) is 0 Å². The highest BCUT2D eigenvalue weighted by molar-refractivity contribution is 5.77. The second-order valence-corrected chi connectivity index (χ2v) is 5.49. The normalized spacial score (nSPS) is 15.4. The summed E-state index contributed by atoms with van der Waals surface area (Å²) in [7, 11) is 0. The molecule has 22 heavy (non-hydrogen) atoms. The summed E-state index contributed by atoms with van der Waals surface area (Å²) in [6, 6.07) is 0. The minimum Gasteiger partial charge on any atom is -0.382 e. The fourth-order valence-electron chi connectivity index (χ4n) is 2.60. The van der Waals surface area contributed by atoms with Crippen LogP contribution in [0.3, 0.4) is 0 Å². The minimum absolute atomic E-state index is 0.493. The molecule has 2 heterocycles. The van der Waals surface area contributed by atoms with Crippen molar-refractivity contribution in [1.82, 2.24) is 20.1 Å². The predicted octanol–water partition coefficient (Wildman–Crippen LogP) is 0.878. The maximum absolute atomic E-state index is 5.85. The summed E-state index contributed by atoms with van der Waals surface area (Å²) >= 11 is 0. The zero-order valence-corrected chi connectivity index (χ0v) is 13.6. The zero-order valence-electron chi connectivity index (χ0n) is 13.6. The highest BCUT2D eigenvalue weighted by Gasteiger charge is 2.13. The molecule has 0 saturated carbocycles. The summed E-state index contributed by atoms with van der Waals surface area (Å²) in [6.07, 6.45) is 6.48. The van der Waals surface area contributed by atoms with Crippen molar-refractivity contribution in [1.29, 1.82) is 0 Å². The summed E-state index contributed by atoms with van der Waals surface area (Å²) in [5, 5.41) is 11.8. The van der Waals surface area contributed by atoms with Gasteiger partial charge in [0, 0.05) is 45.7 Å². The van der Waals surface area contributed by atoms with Gasteiger partial charge in [-0.1, -0.05) is 6.42 Å². The second kappa shape index (κ2) is 9.40. The Morgan fingerprint density at radius 1 is 1.36 bits per heavy atom. The summed E-state index contributed by atoms with van der Waals surface area (Å²) in [5.41, 5.74) is 5.85. The third-order valence-corrected chi connectivity index (χ3v) is 3.77. The Morgan fingerprint density at radius 3 is 3.14 bits per heavy atom. The average molecular weight is 308 g/mol. The molecule has 0 unspecified atom stereocenters. The predicted molar refractivity (Wildman–Crippen MR) is 86.9 cm³/mol. The lowest BCUT2D eigenvalue weighted by molar-refractivity contribution is 0.146. The van der Waals surface area contributed by atoms with Gasteiger partial charge < -0.3 is 20.4 Å². The molecule has 1 aliphatic rings. The van der Waals surface area contributed by atoms with Gasteiger partial charge in [0.15, 0.2) is 5.96 Å². The number of nitrogens with one attached hydrogen (secondary N) is 1. The summed E-state index contributed by atoms with van der Waals surface area (Å²) < 4.78 is 7.53. The molecule has 0 spiro atoms. The smallest absolute Gasteiger partial charge is 0.188 e. The molecule has 3 N–H and O–H groups in total. The highest BCUT2D eigenvalue weighted by Crippen LogP contribution is 2.14. The van der Waals surface area contributed by atoms with Crippen molar-refractivity contribution in [2.45, 2.75) is 52.0 Å². The molecule has 124 valence electrons. The number of ether oxygens (including phenoxy) is 1. The fourth-order valence-corrected chi connectivity index (χ4v) is 2.60. The first kappa shape index (κ1) is 16.7. The lowest BCUT2D eigenvalue weighted by Gasteiger charge is -2.08. The van der Waals surface area contributed by atoms with E-state index in [1.54, 1.807) is 0 Å². The van der Waals surface area contributed by atoms with Crippen LogP contribution in [0.2, 0.25) is 0 Å². The van der Waals surface area contributed by atoms with Crippen LogP contribution in [0.1, 0.15) is 44.3 Å². The van der Waals surface area contributed by atoms with Crippen molar-refractivity contribution in [2.24, 2.45) is 10.7 Å². The number of hydrogen-bond donors (Lipinski definition) is 2. The number of fused-ring (bicyclic) bond motifs is 1. The Morgan fingerprint density at radius 2 is 2.27 bits per heavy atom. The number of guanidine groups is 1. The lowest BCUT2D eigenvalue weighted by atomic mass is 10.2. The molecule has 7 nitrogen and oxygen atoms in total. The first-order valence-electron chi connectivity index (χ1n) is 8.33. The van der Waals surface area contributed by atoms with Gasteiger partial charge in [-0.05, 0) is 26.2 Å². The van der Waals surface area contributed by atoms with Gasteiger partial charge in [-0.2, -0.15) is 0 Å². The minimum atomic E-state index is 0.493. The van der Waals surface area contributed by atoms with Gasteiger partial charge >= 0.3 is 0 Å². The first-order valence-corrected chi connectivity index (χ1v) is 8.33. The van der Waals surface area contributed by atoms with Crippen molar-refractivity contribution in [3.05, 3.63) is 11.6 Å². The van der Waals surface area contributed by atoms with Gasteiger partial charge in [0.05, 0.1) is 0 Å². The van der Waals surface area contributed by atoms with Crippen LogP contribution in [-0.4, -0.2) is 47.0 Å². The van der Waals surface area contributed by atoms with E-state index in [9.17, 15) is 0 Å². The topological polar surface area (TPSA) is 90.3 Å². The molecule has 0 atom stereocenters. The Balaban J connectivity index is 1.70. The molecule has 0 radical (unpaired) electrons. The second-order valence-electron chi connectivity index (χ2n) is 5.49. The quantitative estimate of drug-likeness (QED) is 0.423. The van der Waals surface area contributed by atoms with E-state index in [1.165, 1.54) is 19.3 Å².